The average molecular weight is 315 g/mol. The summed E-state index contributed by atoms with van der Waals surface area (Å²) in [6.07, 6.45) is 2.93. The van der Waals surface area contributed by atoms with Crippen molar-refractivity contribution >= 4 is 23.2 Å². The highest BCUT2D eigenvalue weighted by molar-refractivity contribution is 6.30. The standard InChI is InChI=1S/C16H11ClN2O3/c1-10(20)15-13(16(21)14-3-2-8-22-14)9-19(18-15)12-6-4-11(17)5-7-12/h2-9H,1H3. The minimum atomic E-state index is -0.379. The molecular weight excluding hydrogens is 304 g/mol. The van der Waals surface area contributed by atoms with E-state index in [1.54, 1.807) is 36.4 Å². The van der Waals surface area contributed by atoms with E-state index in [-0.39, 0.29) is 28.6 Å². The Balaban J connectivity index is 2.08. The summed E-state index contributed by atoms with van der Waals surface area (Å²) in [6, 6.07) is 10.1. The fraction of sp³-hybridized carbons (Fsp3) is 0.0625. The van der Waals surface area contributed by atoms with Gasteiger partial charge < -0.3 is 4.42 Å². The number of aromatic nitrogens is 2. The minimum absolute atomic E-state index is 0.108. The van der Waals surface area contributed by atoms with Crippen molar-refractivity contribution in [3.8, 4) is 5.69 Å². The van der Waals surface area contributed by atoms with Gasteiger partial charge in [-0.05, 0) is 36.4 Å². The zero-order chi connectivity index (χ0) is 15.7. The maximum Gasteiger partial charge on any atom is 0.232 e. The van der Waals surface area contributed by atoms with Crippen LogP contribution in [0.5, 0.6) is 0 Å². The lowest BCUT2D eigenvalue weighted by atomic mass is 10.1. The molecule has 0 spiro atoms. The van der Waals surface area contributed by atoms with Gasteiger partial charge in [-0.1, -0.05) is 11.6 Å². The van der Waals surface area contributed by atoms with Crippen LogP contribution >= 0.6 is 11.6 Å². The van der Waals surface area contributed by atoms with E-state index in [4.69, 9.17) is 16.0 Å². The van der Waals surface area contributed by atoms with Gasteiger partial charge in [0.15, 0.2) is 11.5 Å². The van der Waals surface area contributed by atoms with Crippen molar-refractivity contribution in [3.63, 3.8) is 0 Å². The van der Waals surface area contributed by atoms with Gasteiger partial charge in [-0.2, -0.15) is 5.10 Å². The molecule has 0 radical (unpaired) electrons. The van der Waals surface area contributed by atoms with E-state index in [2.05, 4.69) is 5.10 Å². The lowest BCUT2D eigenvalue weighted by Crippen LogP contribution is -2.05. The summed E-state index contributed by atoms with van der Waals surface area (Å²) in [4.78, 5) is 24.2. The second kappa shape index (κ2) is 5.61. The third-order valence-electron chi connectivity index (χ3n) is 3.13. The quantitative estimate of drug-likeness (QED) is 0.691. The maximum atomic E-state index is 12.4. The number of ketones is 2. The van der Waals surface area contributed by atoms with Gasteiger partial charge in [0.2, 0.25) is 5.78 Å². The molecule has 6 heteroatoms. The largest absolute Gasteiger partial charge is 0.461 e. The van der Waals surface area contributed by atoms with Crippen molar-refractivity contribution in [2.75, 3.05) is 0 Å². The van der Waals surface area contributed by atoms with E-state index in [1.807, 2.05) is 0 Å². The van der Waals surface area contributed by atoms with Gasteiger partial charge in [-0.15, -0.1) is 0 Å². The van der Waals surface area contributed by atoms with Gasteiger partial charge in [-0.25, -0.2) is 4.68 Å². The number of hydrogen-bond acceptors (Lipinski definition) is 4. The number of nitrogens with zero attached hydrogens (tertiary/aromatic N) is 2. The molecule has 0 fully saturated rings. The highest BCUT2D eigenvalue weighted by Crippen LogP contribution is 2.19. The summed E-state index contributed by atoms with van der Waals surface area (Å²) in [6.45, 7) is 1.37. The smallest absolute Gasteiger partial charge is 0.232 e. The Morgan fingerprint density at radius 3 is 2.50 bits per heavy atom. The topological polar surface area (TPSA) is 65.1 Å². The Bertz CT molecular complexity index is 833. The summed E-state index contributed by atoms with van der Waals surface area (Å²) < 4.78 is 6.58. The first-order chi connectivity index (χ1) is 10.6. The van der Waals surface area contributed by atoms with Crippen LogP contribution in [0.2, 0.25) is 5.02 Å². The first-order valence-corrected chi connectivity index (χ1v) is 6.89. The molecule has 0 atom stereocenters. The van der Waals surface area contributed by atoms with Crippen molar-refractivity contribution in [2.45, 2.75) is 6.92 Å². The molecule has 5 nitrogen and oxygen atoms in total. The van der Waals surface area contributed by atoms with E-state index < -0.39 is 0 Å². The van der Waals surface area contributed by atoms with Crippen LogP contribution in [0.1, 0.15) is 33.5 Å². The van der Waals surface area contributed by atoms with E-state index >= 15 is 0 Å². The average Bonchev–Trinajstić information content (AvgIpc) is 3.17. The van der Waals surface area contributed by atoms with Gasteiger partial charge in [0, 0.05) is 18.1 Å². The predicted octanol–water partition coefficient (Wildman–Crippen LogP) is 3.55. The highest BCUT2D eigenvalue weighted by Gasteiger charge is 2.22. The van der Waals surface area contributed by atoms with Gasteiger partial charge in [0.1, 0.15) is 5.69 Å². The van der Waals surface area contributed by atoms with E-state index in [0.717, 1.165) is 0 Å². The number of halogens is 1. The maximum absolute atomic E-state index is 12.4. The fourth-order valence-corrected chi connectivity index (χ4v) is 2.19. The fourth-order valence-electron chi connectivity index (χ4n) is 2.07. The Morgan fingerprint density at radius 1 is 1.18 bits per heavy atom. The molecular formula is C16H11ClN2O3. The Hall–Kier alpha value is -2.66. The van der Waals surface area contributed by atoms with Gasteiger partial charge in [0.25, 0.3) is 0 Å². The van der Waals surface area contributed by atoms with Crippen LogP contribution in [0.15, 0.2) is 53.3 Å². The number of furan rings is 1. The third kappa shape index (κ3) is 2.58. The molecule has 2 aromatic heterocycles. The normalized spacial score (nSPS) is 10.6. The Labute approximate surface area is 131 Å². The van der Waals surface area contributed by atoms with Crippen LogP contribution < -0.4 is 0 Å². The van der Waals surface area contributed by atoms with Crippen LogP contribution in [0.25, 0.3) is 5.69 Å². The van der Waals surface area contributed by atoms with Crippen molar-refractivity contribution < 1.29 is 14.0 Å². The van der Waals surface area contributed by atoms with Crippen LogP contribution in [0.4, 0.5) is 0 Å². The summed E-state index contributed by atoms with van der Waals surface area (Å²) in [5.74, 6) is -0.504. The van der Waals surface area contributed by atoms with Crippen molar-refractivity contribution in [2.24, 2.45) is 0 Å². The molecule has 0 aliphatic heterocycles. The number of Topliss-reactive ketones (excluding diaryl/α,β-unsaturated/α-hetero) is 1. The van der Waals surface area contributed by atoms with E-state index in [1.165, 1.54) is 24.1 Å². The molecule has 0 unspecified atom stereocenters. The minimum Gasteiger partial charge on any atom is -0.461 e. The summed E-state index contributed by atoms with van der Waals surface area (Å²) in [5, 5.41) is 4.79. The van der Waals surface area contributed by atoms with Gasteiger partial charge in [-0.3, -0.25) is 9.59 Å². The lowest BCUT2D eigenvalue weighted by Gasteiger charge is -2.00. The second-order valence-corrected chi connectivity index (χ2v) is 5.11. The first kappa shape index (κ1) is 14.3. The molecule has 0 saturated carbocycles. The number of benzene rings is 1. The molecule has 2 heterocycles. The lowest BCUT2D eigenvalue weighted by molar-refractivity contribution is 0.0977. The van der Waals surface area contributed by atoms with E-state index in [9.17, 15) is 9.59 Å². The molecule has 0 saturated heterocycles. The van der Waals surface area contributed by atoms with Gasteiger partial charge in [0.05, 0.1) is 17.5 Å². The van der Waals surface area contributed by atoms with Crippen molar-refractivity contribution in [3.05, 3.63) is 70.9 Å². The summed E-state index contributed by atoms with van der Waals surface area (Å²) >= 11 is 5.85. The Morgan fingerprint density at radius 2 is 1.91 bits per heavy atom. The molecule has 110 valence electrons. The number of carbonyl (C=O) groups excluding carboxylic acids is 2. The summed E-state index contributed by atoms with van der Waals surface area (Å²) in [7, 11) is 0. The number of carbonyl (C=O) groups is 2. The highest BCUT2D eigenvalue weighted by atomic mass is 35.5. The molecule has 1 aromatic carbocycles. The zero-order valence-electron chi connectivity index (χ0n) is 11.6. The molecule has 0 amide bonds. The Kier molecular flexibility index (Phi) is 3.65. The van der Waals surface area contributed by atoms with Gasteiger partial charge >= 0.3 is 0 Å². The van der Waals surface area contributed by atoms with Crippen LogP contribution in [-0.4, -0.2) is 21.3 Å². The molecule has 3 rings (SSSR count). The molecule has 0 aliphatic rings. The SMILES string of the molecule is CC(=O)c1nn(-c2ccc(Cl)cc2)cc1C(=O)c1ccco1. The first-order valence-electron chi connectivity index (χ1n) is 6.51. The molecule has 0 bridgehead atoms. The number of rotatable bonds is 4. The van der Waals surface area contributed by atoms with Crippen LogP contribution in [-0.2, 0) is 0 Å². The summed E-state index contributed by atoms with van der Waals surface area (Å²) in [5.41, 5.74) is 1.01. The van der Waals surface area contributed by atoms with Crippen molar-refractivity contribution in [1.29, 1.82) is 0 Å². The molecule has 0 aliphatic carbocycles. The van der Waals surface area contributed by atoms with Crippen LogP contribution in [0.3, 0.4) is 0 Å². The predicted molar refractivity (Wildman–Crippen MR) is 80.7 cm³/mol. The van der Waals surface area contributed by atoms with E-state index in [0.29, 0.717) is 10.7 Å². The third-order valence-corrected chi connectivity index (χ3v) is 3.38. The monoisotopic (exact) mass is 314 g/mol. The van der Waals surface area contributed by atoms with Crippen molar-refractivity contribution in [1.82, 2.24) is 9.78 Å². The van der Waals surface area contributed by atoms with Crippen LogP contribution in [0, 0.1) is 0 Å². The zero-order valence-corrected chi connectivity index (χ0v) is 12.4. The molecule has 0 N–H and O–H groups in total. The second-order valence-electron chi connectivity index (χ2n) is 4.67. The molecule has 3 aromatic rings. The molecule has 22 heavy (non-hydrogen) atoms. The number of hydrogen-bond donors (Lipinski definition) is 0.